The van der Waals surface area contributed by atoms with Gasteiger partial charge in [0, 0.05) is 5.02 Å². The predicted octanol–water partition coefficient (Wildman–Crippen LogP) is 1.81. The first kappa shape index (κ1) is 13.8. The average Bonchev–Trinajstić information content (AvgIpc) is 2.32. The van der Waals surface area contributed by atoms with Gasteiger partial charge in [0.2, 0.25) is 0 Å². The van der Waals surface area contributed by atoms with Crippen molar-refractivity contribution in [2.45, 2.75) is 30.6 Å². The van der Waals surface area contributed by atoms with Gasteiger partial charge in [0.05, 0.1) is 17.0 Å². The summed E-state index contributed by atoms with van der Waals surface area (Å²) in [5.74, 6) is 5.80. The van der Waals surface area contributed by atoms with E-state index < -0.39 is 21.1 Å². The van der Waals surface area contributed by atoms with Crippen LogP contribution >= 0.6 is 11.6 Å². The second kappa shape index (κ2) is 5.57. The van der Waals surface area contributed by atoms with Gasteiger partial charge in [-0.25, -0.2) is 8.42 Å². The lowest BCUT2D eigenvalue weighted by Crippen LogP contribution is -2.43. The fourth-order valence-electron chi connectivity index (χ4n) is 2.47. The molecule has 0 radical (unpaired) electrons. The molecular formula is C12H17ClN2O2S. The van der Waals surface area contributed by atoms with Crippen molar-refractivity contribution in [3.05, 3.63) is 34.9 Å². The molecule has 3 N–H and O–H groups in total. The van der Waals surface area contributed by atoms with E-state index in [4.69, 9.17) is 17.4 Å². The van der Waals surface area contributed by atoms with Gasteiger partial charge in [-0.3, -0.25) is 11.3 Å². The monoisotopic (exact) mass is 288 g/mol. The van der Waals surface area contributed by atoms with Gasteiger partial charge in [0.15, 0.2) is 9.84 Å². The van der Waals surface area contributed by atoms with E-state index in [1.165, 1.54) is 0 Å². The fraction of sp³-hybridized carbons (Fsp3) is 0.500. The molecule has 1 aromatic carbocycles. The SMILES string of the molecule is NNC(c1cccc(Cl)c1)C1CCCCS1(=O)=O. The van der Waals surface area contributed by atoms with E-state index in [0.29, 0.717) is 11.4 Å². The minimum absolute atomic E-state index is 0.246. The third-order valence-corrected chi connectivity index (χ3v) is 5.91. The molecule has 0 aliphatic carbocycles. The van der Waals surface area contributed by atoms with Crippen LogP contribution in [0.25, 0.3) is 0 Å². The smallest absolute Gasteiger partial charge is 0.155 e. The maximum atomic E-state index is 12.1. The van der Waals surface area contributed by atoms with Crippen LogP contribution in [0.4, 0.5) is 0 Å². The number of sulfone groups is 1. The molecule has 2 rings (SSSR count). The van der Waals surface area contributed by atoms with E-state index in [-0.39, 0.29) is 5.75 Å². The number of hydrogen-bond donors (Lipinski definition) is 2. The Morgan fingerprint density at radius 1 is 1.39 bits per heavy atom. The molecule has 0 aromatic heterocycles. The average molecular weight is 289 g/mol. The minimum atomic E-state index is -3.08. The van der Waals surface area contributed by atoms with Crippen molar-refractivity contribution in [3.63, 3.8) is 0 Å². The molecule has 1 heterocycles. The molecule has 0 amide bonds. The number of halogens is 1. The van der Waals surface area contributed by atoms with Gasteiger partial charge in [-0.1, -0.05) is 30.2 Å². The van der Waals surface area contributed by atoms with Gasteiger partial charge in [0.25, 0.3) is 0 Å². The highest BCUT2D eigenvalue weighted by atomic mass is 35.5. The van der Waals surface area contributed by atoms with E-state index in [0.717, 1.165) is 18.4 Å². The van der Waals surface area contributed by atoms with Crippen LogP contribution in [0.2, 0.25) is 5.02 Å². The molecule has 1 fully saturated rings. The van der Waals surface area contributed by atoms with Crippen LogP contribution < -0.4 is 11.3 Å². The van der Waals surface area contributed by atoms with Crippen molar-refractivity contribution in [1.29, 1.82) is 0 Å². The van der Waals surface area contributed by atoms with Gasteiger partial charge in [-0.15, -0.1) is 0 Å². The predicted molar refractivity (Wildman–Crippen MR) is 72.9 cm³/mol. The summed E-state index contributed by atoms with van der Waals surface area (Å²) in [7, 11) is -3.08. The first-order chi connectivity index (χ1) is 8.54. The molecule has 1 saturated heterocycles. The zero-order valence-electron chi connectivity index (χ0n) is 9.97. The summed E-state index contributed by atoms with van der Waals surface area (Å²) in [6.45, 7) is 0. The largest absolute Gasteiger partial charge is 0.271 e. The first-order valence-corrected chi connectivity index (χ1v) is 8.07. The quantitative estimate of drug-likeness (QED) is 0.657. The van der Waals surface area contributed by atoms with Crippen LogP contribution in [0.1, 0.15) is 30.9 Å². The number of hydrogen-bond acceptors (Lipinski definition) is 4. The van der Waals surface area contributed by atoms with Crippen LogP contribution in [-0.2, 0) is 9.84 Å². The molecule has 0 saturated carbocycles. The van der Waals surface area contributed by atoms with E-state index >= 15 is 0 Å². The van der Waals surface area contributed by atoms with Crippen molar-refractivity contribution in [2.75, 3.05) is 5.75 Å². The van der Waals surface area contributed by atoms with Gasteiger partial charge in [0.1, 0.15) is 0 Å². The Labute approximate surface area is 112 Å². The lowest BCUT2D eigenvalue weighted by atomic mass is 10.00. The topological polar surface area (TPSA) is 72.2 Å². The number of hydrazine groups is 1. The van der Waals surface area contributed by atoms with Crippen LogP contribution in [0, 0.1) is 0 Å². The highest BCUT2D eigenvalue weighted by molar-refractivity contribution is 7.92. The molecule has 1 aliphatic rings. The maximum Gasteiger partial charge on any atom is 0.155 e. The van der Waals surface area contributed by atoms with Gasteiger partial charge in [-0.2, -0.15) is 0 Å². The molecule has 1 aromatic rings. The highest BCUT2D eigenvalue weighted by Crippen LogP contribution is 2.31. The molecule has 6 heteroatoms. The van der Waals surface area contributed by atoms with Crippen LogP contribution in [0.15, 0.2) is 24.3 Å². The van der Waals surface area contributed by atoms with Gasteiger partial charge < -0.3 is 0 Å². The maximum absolute atomic E-state index is 12.1. The van der Waals surface area contributed by atoms with Crippen molar-refractivity contribution in [2.24, 2.45) is 5.84 Å². The molecule has 2 unspecified atom stereocenters. The number of nitrogens with one attached hydrogen (secondary N) is 1. The second-order valence-electron chi connectivity index (χ2n) is 4.60. The van der Waals surface area contributed by atoms with Crippen molar-refractivity contribution in [1.82, 2.24) is 5.43 Å². The van der Waals surface area contributed by atoms with E-state index in [1.54, 1.807) is 18.2 Å². The standard InChI is InChI=1S/C12H17ClN2O2S/c13-10-5-3-4-9(8-10)12(15-14)11-6-1-2-7-18(11,16)17/h3-5,8,11-12,15H,1-2,6-7,14H2. The van der Waals surface area contributed by atoms with Crippen molar-refractivity contribution in [3.8, 4) is 0 Å². The summed E-state index contributed by atoms with van der Waals surface area (Å²) in [6, 6.07) is 6.77. The zero-order valence-corrected chi connectivity index (χ0v) is 11.5. The summed E-state index contributed by atoms with van der Waals surface area (Å²) in [6.07, 6.45) is 2.30. The van der Waals surface area contributed by atoms with E-state index in [1.807, 2.05) is 6.07 Å². The Kier molecular flexibility index (Phi) is 4.27. The Morgan fingerprint density at radius 2 is 2.17 bits per heavy atom. The van der Waals surface area contributed by atoms with Gasteiger partial charge in [-0.05, 0) is 30.5 Å². The molecule has 100 valence electrons. The summed E-state index contributed by atoms with van der Waals surface area (Å²) in [5.41, 5.74) is 3.45. The lowest BCUT2D eigenvalue weighted by Gasteiger charge is -2.30. The van der Waals surface area contributed by atoms with Crippen LogP contribution in [0.3, 0.4) is 0 Å². The highest BCUT2D eigenvalue weighted by Gasteiger charge is 2.35. The van der Waals surface area contributed by atoms with Crippen molar-refractivity contribution < 1.29 is 8.42 Å². The van der Waals surface area contributed by atoms with Gasteiger partial charge >= 0.3 is 0 Å². The molecule has 2 atom stereocenters. The van der Waals surface area contributed by atoms with E-state index in [9.17, 15) is 8.42 Å². The molecule has 18 heavy (non-hydrogen) atoms. The molecule has 1 aliphatic heterocycles. The third kappa shape index (κ3) is 2.85. The Bertz CT molecular complexity index is 519. The summed E-state index contributed by atoms with van der Waals surface area (Å²) < 4.78 is 24.2. The van der Waals surface area contributed by atoms with Crippen LogP contribution in [-0.4, -0.2) is 19.4 Å². The first-order valence-electron chi connectivity index (χ1n) is 5.98. The Balaban J connectivity index is 2.33. The Hall–Kier alpha value is -0.620. The Morgan fingerprint density at radius 3 is 2.78 bits per heavy atom. The molecular weight excluding hydrogens is 272 g/mol. The summed E-state index contributed by atoms with van der Waals surface area (Å²) in [5, 5.41) is 0.121. The third-order valence-electron chi connectivity index (χ3n) is 3.39. The summed E-state index contributed by atoms with van der Waals surface area (Å²) >= 11 is 5.94. The normalized spacial score (nSPS) is 24.7. The fourth-order valence-corrected chi connectivity index (χ4v) is 4.76. The second-order valence-corrected chi connectivity index (χ2v) is 7.38. The molecule has 0 bridgehead atoms. The van der Waals surface area contributed by atoms with Crippen LogP contribution in [0.5, 0.6) is 0 Å². The zero-order chi connectivity index (χ0) is 13.2. The molecule has 0 spiro atoms. The number of nitrogens with two attached hydrogens (primary N) is 1. The van der Waals surface area contributed by atoms with E-state index in [2.05, 4.69) is 5.43 Å². The summed E-state index contributed by atoms with van der Waals surface area (Å²) in [4.78, 5) is 0. The molecule has 4 nitrogen and oxygen atoms in total. The number of benzene rings is 1. The minimum Gasteiger partial charge on any atom is -0.271 e. The lowest BCUT2D eigenvalue weighted by molar-refractivity contribution is 0.454. The van der Waals surface area contributed by atoms with Crippen molar-refractivity contribution >= 4 is 21.4 Å². The number of rotatable bonds is 3.